The molecule has 2 heterocycles. The number of nitrogens with one attached hydrogen (secondary N) is 1. The summed E-state index contributed by atoms with van der Waals surface area (Å²) in [7, 11) is -2.57. The third-order valence-corrected chi connectivity index (χ3v) is 6.58. The van der Waals surface area contributed by atoms with Crippen LogP contribution < -0.4 is 11.2 Å². The number of hydrogen-bond acceptors (Lipinski definition) is 6. The van der Waals surface area contributed by atoms with Gasteiger partial charge in [0.15, 0.2) is 0 Å². The van der Waals surface area contributed by atoms with Crippen molar-refractivity contribution < 1.29 is 17.9 Å². The second-order valence-corrected chi connectivity index (χ2v) is 8.39. The highest BCUT2D eigenvalue weighted by atomic mass is 35.5. The Bertz CT molecular complexity index is 1110. The Morgan fingerprint density at radius 2 is 2.04 bits per heavy atom. The van der Waals surface area contributed by atoms with Crippen LogP contribution in [0.25, 0.3) is 10.9 Å². The highest BCUT2D eigenvalue weighted by Crippen LogP contribution is 2.25. The monoisotopic (exact) mass is 431 g/mol. The van der Waals surface area contributed by atoms with Crippen LogP contribution in [0, 0.1) is 5.92 Å². The maximum absolute atomic E-state index is 13.0. The molecular weight excluding hydrogens is 410 g/mol. The van der Waals surface area contributed by atoms with E-state index in [1.54, 1.807) is 6.92 Å². The number of halogens is 1. The molecule has 9 nitrogen and oxygen atoms in total. The number of rotatable bonds is 4. The number of ether oxygens (including phenoxy) is 1. The molecule has 0 amide bonds. The van der Waals surface area contributed by atoms with Crippen molar-refractivity contribution in [3.8, 4) is 0 Å². The number of aromatic amines is 1. The van der Waals surface area contributed by atoms with Gasteiger partial charge in [-0.25, -0.2) is 13.2 Å². The molecule has 0 radical (unpaired) electrons. The molecule has 1 unspecified atom stereocenters. The molecule has 0 saturated carbocycles. The van der Waals surface area contributed by atoms with Crippen LogP contribution >= 0.6 is 12.4 Å². The number of esters is 1. The van der Waals surface area contributed by atoms with Crippen molar-refractivity contribution in [2.24, 2.45) is 13.0 Å². The number of carbonyl (C=O) groups is 1. The Morgan fingerprint density at radius 1 is 1.32 bits per heavy atom. The molecular formula is C17H22ClN3O6S. The first-order chi connectivity index (χ1) is 12.8. The van der Waals surface area contributed by atoms with Crippen molar-refractivity contribution >= 4 is 39.3 Å². The second kappa shape index (κ2) is 8.46. The summed E-state index contributed by atoms with van der Waals surface area (Å²) in [5, 5.41) is 0.108. The van der Waals surface area contributed by atoms with Gasteiger partial charge < -0.3 is 9.72 Å². The van der Waals surface area contributed by atoms with Crippen LogP contribution in [-0.2, 0) is 26.6 Å². The zero-order valence-corrected chi connectivity index (χ0v) is 17.1. The summed E-state index contributed by atoms with van der Waals surface area (Å²) in [6, 6.07) is 4.01. The molecule has 1 aliphatic rings. The van der Waals surface area contributed by atoms with Gasteiger partial charge in [0.2, 0.25) is 10.0 Å². The fourth-order valence-corrected chi connectivity index (χ4v) is 4.75. The van der Waals surface area contributed by atoms with Gasteiger partial charge in [0, 0.05) is 20.1 Å². The smallest absolute Gasteiger partial charge is 0.328 e. The lowest BCUT2D eigenvalue weighted by Crippen LogP contribution is -2.42. The van der Waals surface area contributed by atoms with Crippen LogP contribution in [0.15, 0.2) is 32.7 Å². The molecule has 0 bridgehead atoms. The van der Waals surface area contributed by atoms with Gasteiger partial charge in [0.25, 0.3) is 5.56 Å². The van der Waals surface area contributed by atoms with Gasteiger partial charge in [-0.2, -0.15) is 4.31 Å². The van der Waals surface area contributed by atoms with Gasteiger partial charge in [-0.1, -0.05) is 0 Å². The molecule has 2 aromatic rings. The van der Waals surface area contributed by atoms with E-state index in [0.717, 1.165) is 4.57 Å². The first-order valence-electron chi connectivity index (χ1n) is 8.65. The molecule has 0 spiro atoms. The Morgan fingerprint density at radius 3 is 2.71 bits per heavy atom. The van der Waals surface area contributed by atoms with Crippen molar-refractivity contribution in [1.29, 1.82) is 0 Å². The summed E-state index contributed by atoms with van der Waals surface area (Å²) in [6.07, 6.45) is 1.12. The fraction of sp³-hybridized carbons (Fsp3) is 0.471. The van der Waals surface area contributed by atoms with Crippen molar-refractivity contribution in [2.75, 3.05) is 19.7 Å². The van der Waals surface area contributed by atoms with Gasteiger partial charge in [0.1, 0.15) is 0 Å². The third-order valence-electron chi connectivity index (χ3n) is 4.71. The predicted molar refractivity (Wildman–Crippen MR) is 105 cm³/mol. The Hall–Kier alpha value is -2.17. The highest BCUT2D eigenvalue weighted by molar-refractivity contribution is 7.89. The van der Waals surface area contributed by atoms with Gasteiger partial charge in [-0.3, -0.25) is 14.2 Å². The SMILES string of the molecule is CCOC(=O)C1CCCN(S(=O)(=O)c2ccc3[nH]c(=O)n(C)c(=O)c3c2)C1.Cl. The van der Waals surface area contributed by atoms with Crippen molar-refractivity contribution in [3.63, 3.8) is 0 Å². The normalized spacial score (nSPS) is 17.9. The van der Waals surface area contributed by atoms with Crippen molar-refractivity contribution in [3.05, 3.63) is 39.0 Å². The summed E-state index contributed by atoms with van der Waals surface area (Å²) in [5.41, 5.74) is -0.879. The minimum absolute atomic E-state index is 0. The van der Waals surface area contributed by atoms with Crippen molar-refractivity contribution in [2.45, 2.75) is 24.7 Å². The van der Waals surface area contributed by atoms with E-state index in [1.807, 2.05) is 0 Å². The zero-order chi connectivity index (χ0) is 19.8. The molecule has 1 aromatic heterocycles. The second-order valence-electron chi connectivity index (χ2n) is 6.46. The molecule has 1 aliphatic heterocycles. The maximum atomic E-state index is 13.0. The van der Waals surface area contributed by atoms with Crippen LogP contribution in [0.2, 0.25) is 0 Å². The van der Waals surface area contributed by atoms with Crippen LogP contribution in [-0.4, -0.2) is 47.9 Å². The first kappa shape index (κ1) is 22.1. The van der Waals surface area contributed by atoms with Crippen LogP contribution in [0.1, 0.15) is 19.8 Å². The number of benzene rings is 1. The molecule has 1 fully saturated rings. The summed E-state index contributed by atoms with van der Waals surface area (Å²) in [4.78, 5) is 38.4. The number of hydrogen-bond donors (Lipinski definition) is 1. The minimum atomic E-state index is -3.89. The molecule has 11 heteroatoms. The number of H-pyrrole nitrogens is 1. The summed E-state index contributed by atoms with van der Waals surface area (Å²) in [6.45, 7) is 2.28. The van der Waals surface area contributed by atoms with Crippen LogP contribution in [0.3, 0.4) is 0 Å². The molecule has 0 aliphatic carbocycles. The number of piperidine rings is 1. The van der Waals surface area contributed by atoms with Gasteiger partial charge >= 0.3 is 11.7 Å². The molecule has 1 saturated heterocycles. The lowest BCUT2D eigenvalue weighted by atomic mass is 10.0. The first-order valence-corrected chi connectivity index (χ1v) is 10.1. The summed E-state index contributed by atoms with van der Waals surface area (Å²) >= 11 is 0. The average molecular weight is 432 g/mol. The Balaban J connectivity index is 0.00000280. The number of sulfonamides is 1. The van der Waals surface area contributed by atoms with E-state index in [2.05, 4.69) is 4.98 Å². The van der Waals surface area contributed by atoms with Gasteiger partial charge in [-0.05, 0) is 38.0 Å². The zero-order valence-electron chi connectivity index (χ0n) is 15.5. The molecule has 1 N–H and O–H groups in total. The Labute approximate surface area is 167 Å². The van der Waals surface area contributed by atoms with E-state index in [1.165, 1.54) is 29.6 Å². The minimum Gasteiger partial charge on any atom is -0.466 e. The molecule has 1 atom stereocenters. The van der Waals surface area contributed by atoms with E-state index in [4.69, 9.17) is 4.74 Å². The third kappa shape index (κ3) is 3.98. The highest BCUT2D eigenvalue weighted by Gasteiger charge is 2.34. The Kier molecular flexibility index (Phi) is 6.68. The number of aromatic nitrogens is 2. The molecule has 1 aromatic carbocycles. The summed E-state index contributed by atoms with van der Waals surface area (Å²) < 4.78 is 33.2. The standard InChI is InChI=1S/C17H21N3O6S.ClH/c1-3-26-16(22)11-5-4-8-20(10-11)27(24,25)12-6-7-14-13(9-12)15(21)19(2)17(23)18-14;/h6-7,9,11H,3-5,8,10H2,1-2H3,(H,18,23);1H. The van der Waals surface area contributed by atoms with E-state index < -0.39 is 33.2 Å². The maximum Gasteiger partial charge on any atom is 0.328 e. The van der Waals surface area contributed by atoms with Gasteiger partial charge in [-0.15, -0.1) is 12.4 Å². The molecule has 154 valence electrons. The largest absolute Gasteiger partial charge is 0.466 e. The average Bonchev–Trinajstić information content (AvgIpc) is 2.66. The van der Waals surface area contributed by atoms with Crippen molar-refractivity contribution in [1.82, 2.24) is 13.9 Å². The van der Waals surface area contributed by atoms with E-state index >= 15 is 0 Å². The topological polar surface area (TPSA) is 119 Å². The molecule has 28 heavy (non-hydrogen) atoms. The fourth-order valence-electron chi connectivity index (χ4n) is 3.20. The number of nitrogens with zero attached hydrogens (tertiary/aromatic N) is 2. The van der Waals surface area contributed by atoms with E-state index in [-0.39, 0.29) is 41.4 Å². The lowest BCUT2D eigenvalue weighted by Gasteiger charge is -2.30. The van der Waals surface area contributed by atoms with E-state index in [0.29, 0.717) is 19.4 Å². The van der Waals surface area contributed by atoms with Crippen LogP contribution in [0.4, 0.5) is 0 Å². The quantitative estimate of drug-likeness (QED) is 0.708. The predicted octanol–water partition coefficient (Wildman–Crippen LogP) is 0.612. The molecule has 3 rings (SSSR count). The lowest BCUT2D eigenvalue weighted by molar-refractivity contribution is -0.149. The van der Waals surface area contributed by atoms with E-state index in [9.17, 15) is 22.8 Å². The van der Waals surface area contributed by atoms with Crippen LogP contribution in [0.5, 0.6) is 0 Å². The summed E-state index contributed by atoms with van der Waals surface area (Å²) in [5.74, 6) is -0.902. The van der Waals surface area contributed by atoms with Gasteiger partial charge in [0.05, 0.1) is 28.3 Å². The number of fused-ring (bicyclic) bond motifs is 1. The number of carbonyl (C=O) groups excluding carboxylic acids is 1.